The summed E-state index contributed by atoms with van der Waals surface area (Å²) in [6.45, 7) is 9.70. The van der Waals surface area contributed by atoms with Gasteiger partial charge in [-0.05, 0) is 27.2 Å². The monoisotopic (exact) mass is 255 g/mol. The largest absolute Gasteiger partial charge is 0.374 e. The van der Waals surface area contributed by atoms with E-state index in [1.165, 1.54) is 0 Å². The number of aryl methyl sites for hydroxylation is 1. The lowest BCUT2D eigenvalue weighted by Gasteiger charge is -2.33. The van der Waals surface area contributed by atoms with Crippen molar-refractivity contribution in [2.45, 2.75) is 58.7 Å². The van der Waals surface area contributed by atoms with E-state index in [1.54, 1.807) is 6.33 Å². The average Bonchev–Trinajstić information content (AvgIpc) is 2.73. The van der Waals surface area contributed by atoms with Crippen LogP contribution in [0.25, 0.3) is 0 Å². The molecule has 0 aliphatic carbocycles. The molecule has 1 atom stereocenters. The summed E-state index contributed by atoms with van der Waals surface area (Å²) in [6.07, 6.45) is 3.32. The van der Waals surface area contributed by atoms with E-state index in [-0.39, 0.29) is 11.6 Å². The first-order valence-corrected chi connectivity index (χ1v) is 6.51. The van der Waals surface area contributed by atoms with Crippen LogP contribution >= 0.6 is 0 Å². The third kappa shape index (κ3) is 3.76. The molecule has 1 aromatic heterocycles. The van der Waals surface area contributed by atoms with Gasteiger partial charge in [0.2, 0.25) is 0 Å². The van der Waals surface area contributed by atoms with Crippen molar-refractivity contribution in [3.8, 4) is 0 Å². The van der Waals surface area contributed by atoms with E-state index in [1.807, 2.05) is 25.5 Å². The molecule has 1 rings (SSSR count). The Bertz CT molecular complexity index is 350. The SMILES string of the molecule is CCCn1ncnc1CC(NN)C(C)(C)OCC. The Hall–Kier alpha value is -0.980. The summed E-state index contributed by atoms with van der Waals surface area (Å²) < 4.78 is 7.65. The van der Waals surface area contributed by atoms with E-state index in [9.17, 15) is 0 Å². The van der Waals surface area contributed by atoms with Crippen molar-refractivity contribution in [1.29, 1.82) is 0 Å². The van der Waals surface area contributed by atoms with Gasteiger partial charge in [0.1, 0.15) is 12.2 Å². The summed E-state index contributed by atoms with van der Waals surface area (Å²) >= 11 is 0. The van der Waals surface area contributed by atoms with Crippen LogP contribution in [0.5, 0.6) is 0 Å². The molecule has 3 N–H and O–H groups in total. The maximum atomic E-state index is 5.73. The quantitative estimate of drug-likeness (QED) is 0.532. The maximum absolute atomic E-state index is 5.73. The zero-order valence-corrected chi connectivity index (χ0v) is 11.8. The second kappa shape index (κ2) is 6.82. The summed E-state index contributed by atoms with van der Waals surface area (Å²) in [5.41, 5.74) is 2.49. The molecule has 0 bridgehead atoms. The molecule has 0 amide bonds. The Balaban J connectivity index is 2.76. The molecule has 0 fully saturated rings. The minimum atomic E-state index is -0.341. The average molecular weight is 255 g/mol. The zero-order chi connectivity index (χ0) is 13.6. The third-order valence-electron chi connectivity index (χ3n) is 3.07. The van der Waals surface area contributed by atoms with E-state index in [4.69, 9.17) is 10.6 Å². The summed E-state index contributed by atoms with van der Waals surface area (Å²) in [5.74, 6) is 6.58. The van der Waals surface area contributed by atoms with Crippen LogP contribution in [0.3, 0.4) is 0 Å². The van der Waals surface area contributed by atoms with Gasteiger partial charge in [-0.15, -0.1) is 0 Å². The lowest BCUT2D eigenvalue weighted by atomic mass is 9.95. The van der Waals surface area contributed by atoms with Crippen molar-refractivity contribution in [3.63, 3.8) is 0 Å². The van der Waals surface area contributed by atoms with E-state index in [0.29, 0.717) is 13.0 Å². The Kier molecular flexibility index (Phi) is 5.71. The molecule has 0 aliphatic heterocycles. The Labute approximate surface area is 109 Å². The molecule has 1 heterocycles. The molecule has 6 nitrogen and oxygen atoms in total. The highest BCUT2D eigenvalue weighted by Crippen LogP contribution is 2.17. The fourth-order valence-corrected chi connectivity index (χ4v) is 2.01. The van der Waals surface area contributed by atoms with Gasteiger partial charge in [-0.3, -0.25) is 16.0 Å². The van der Waals surface area contributed by atoms with Crippen molar-refractivity contribution < 1.29 is 4.74 Å². The normalized spacial score (nSPS) is 13.8. The molecule has 0 aromatic carbocycles. The van der Waals surface area contributed by atoms with E-state index < -0.39 is 0 Å². The van der Waals surface area contributed by atoms with E-state index in [0.717, 1.165) is 18.8 Å². The fourth-order valence-electron chi connectivity index (χ4n) is 2.01. The molecule has 0 saturated carbocycles. The molecule has 1 unspecified atom stereocenters. The van der Waals surface area contributed by atoms with Crippen molar-refractivity contribution in [1.82, 2.24) is 20.2 Å². The Morgan fingerprint density at radius 3 is 2.78 bits per heavy atom. The van der Waals surface area contributed by atoms with Crippen molar-refractivity contribution >= 4 is 0 Å². The number of nitrogens with two attached hydrogens (primary N) is 1. The third-order valence-corrected chi connectivity index (χ3v) is 3.07. The molecule has 6 heteroatoms. The first kappa shape index (κ1) is 15.1. The highest BCUT2D eigenvalue weighted by atomic mass is 16.5. The van der Waals surface area contributed by atoms with Crippen molar-refractivity contribution in [3.05, 3.63) is 12.2 Å². The molecule has 0 saturated heterocycles. The minimum Gasteiger partial charge on any atom is -0.374 e. The summed E-state index contributed by atoms with van der Waals surface area (Å²) in [5, 5.41) is 4.22. The minimum absolute atomic E-state index is 0.00254. The standard InChI is InChI=1S/C12H25N5O/c1-5-7-17-11(14-9-15-17)8-10(16-13)12(3,4)18-6-2/h9-10,16H,5-8,13H2,1-4H3. The highest BCUT2D eigenvalue weighted by molar-refractivity contribution is 4.96. The second-order valence-corrected chi connectivity index (χ2v) is 4.86. The van der Waals surface area contributed by atoms with Crippen LogP contribution in [0.1, 0.15) is 39.9 Å². The van der Waals surface area contributed by atoms with Crippen LogP contribution in [0.4, 0.5) is 0 Å². The number of hydrazine groups is 1. The summed E-state index contributed by atoms with van der Waals surface area (Å²) in [7, 11) is 0. The molecule has 0 radical (unpaired) electrons. The second-order valence-electron chi connectivity index (χ2n) is 4.86. The first-order valence-electron chi connectivity index (χ1n) is 6.51. The fraction of sp³-hybridized carbons (Fsp3) is 0.833. The van der Waals surface area contributed by atoms with Crippen LogP contribution in [0, 0.1) is 0 Å². The van der Waals surface area contributed by atoms with Crippen LogP contribution < -0.4 is 11.3 Å². The molecular formula is C12H25N5O. The van der Waals surface area contributed by atoms with Gasteiger partial charge in [0.25, 0.3) is 0 Å². The smallest absolute Gasteiger partial charge is 0.138 e. The molecule has 18 heavy (non-hydrogen) atoms. The highest BCUT2D eigenvalue weighted by Gasteiger charge is 2.30. The number of rotatable bonds is 8. The van der Waals surface area contributed by atoms with E-state index in [2.05, 4.69) is 22.4 Å². The first-order chi connectivity index (χ1) is 8.55. The number of nitrogens with one attached hydrogen (secondary N) is 1. The summed E-state index contributed by atoms with van der Waals surface area (Å²) in [4.78, 5) is 4.30. The van der Waals surface area contributed by atoms with Crippen LogP contribution in [0.2, 0.25) is 0 Å². The lowest BCUT2D eigenvalue weighted by Crippen LogP contribution is -2.53. The van der Waals surface area contributed by atoms with Crippen LogP contribution in [0.15, 0.2) is 6.33 Å². The molecular weight excluding hydrogens is 230 g/mol. The van der Waals surface area contributed by atoms with Gasteiger partial charge in [-0.1, -0.05) is 6.92 Å². The van der Waals surface area contributed by atoms with Crippen molar-refractivity contribution in [2.24, 2.45) is 5.84 Å². The summed E-state index contributed by atoms with van der Waals surface area (Å²) in [6, 6.07) is -0.00254. The van der Waals surface area contributed by atoms with Crippen molar-refractivity contribution in [2.75, 3.05) is 6.61 Å². The molecule has 0 aliphatic rings. The number of hydrogen-bond acceptors (Lipinski definition) is 5. The maximum Gasteiger partial charge on any atom is 0.138 e. The van der Waals surface area contributed by atoms with E-state index >= 15 is 0 Å². The number of hydrogen-bond donors (Lipinski definition) is 2. The Morgan fingerprint density at radius 2 is 2.22 bits per heavy atom. The van der Waals surface area contributed by atoms with Gasteiger partial charge in [0.15, 0.2) is 0 Å². The Morgan fingerprint density at radius 1 is 1.50 bits per heavy atom. The van der Waals surface area contributed by atoms with Gasteiger partial charge in [-0.25, -0.2) is 4.98 Å². The topological polar surface area (TPSA) is 78.0 Å². The van der Waals surface area contributed by atoms with Gasteiger partial charge in [-0.2, -0.15) is 5.10 Å². The van der Waals surface area contributed by atoms with Gasteiger partial charge >= 0.3 is 0 Å². The molecule has 0 spiro atoms. The van der Waals surface area contributed by atoms with Crippen LogP contribution in [-0.2, 0) is 17.7 Å². The van der Waals surface area contributed by atoms with Gasteiger partial charge in [0, 0.05) is 19.6 Å². The molecule has 104 valence electrons. The predicted octanol–water partition coefficient (Wildman–Crippen LogP) is 0.878. The predicted molar refractivity (Wildman–Crippen MR) is 70.8 cm³/mol. The number of nitrogens with zero attached hydrogens (tertiary/aromatic N) is 3. The van der Waals surface area contributed by atoms with Gasteiger partial charge in [0.05, 0.1) is 11.6 Å². The zero-order valence-electron chi connectivity index (χ0n) is 11.8. The molecule has 1 aromatic rings. The van der Waals surface area contributed by atoms with Crippen LogP contribution in [-0.4, -0.2) is 33.0 Å². The number of ether oxygens (including phenoxy) is 1. The lowest BCUT2D eigenvalue weighted by molar-refractivity contribution is -0.0387. The number of aromatic nitrogens is 3. The van der Waals surface area contributed by atoms with Gasteiger partial charge < -0.3 is 4.74 Å².